The predicted octanol–water partition coefficient (Wildman–Crippen LogP) is 4.92. The number of anilines is 1. The summed E-state index contributed by atoms with van der Waals surface area (Å²) in [6.07, 6.45) is 2.84. The molecule has 0 bridgehead atoms. The van der Waals surface area contributed by atoms with E-state index in [0.717, 1.165) is 23.9 Å². The van der Waals surface area contributed by atoms with E-state index in [0.29, 0.717) is 26.4 Å². The van der Waals surface area contributed by atoms with Crippen LogP contribution in [0.1, 0.15) is 11.1 Å². The van der Waals surface area contributed by atoms with Gasteiger partial charge in [0.25, 0.3) is 4.21 Å². The molecule has 1 unspecified atom stereocenters. The molecule has 0 spiro atoms. The highest BCUT2D eigenvalue weighted by molar-refractivity contribution is 7.95. The Bertz CT molecular complexity index is 1360. The Balaban J connectivity index is 1.68. The van der Waals surface area contributed by atoms with E-state index < -0.39 is 20.8 Å². The Kier molecular flexibility index (Phi) is 5.54. The van der Waals surface area contributed by atoms with Crippen LogP contribution in [-0.2, 0) is 16.4 Å². The lowest BCUT2D eigenvalue weighted by atomic mass is 10.1. The molecular weight excluding hydrogens is 442 g/mol. The van der Waals surface area contributed by atoms with Gasteiger partial charge in [0.05, 0.1) is 5.69 Å². The molecule has 0 aliphatic heterocycles. The fourth-order valence-electron chi connectivity index (χ4n) is 3.61. The summed E-state index contributed by atoms with van der Waals surface area (Å²) in [5, 5.41) is 2.13. The van der Waals surface area contributed by atoms with Crippen LogP contribution in [0.15, 0.2) is 46.8 Å². The van der Waals surface area contributed by atoms with Gasteiger partial charge in [-0.1, -0.05) is 17.7 Å². The van der Waals surface area contributed by atoms with Crippen LogP contribution in [0, 0.1) is 6.92 Å². The van der Waals surface area contributed by atoms with Gasteiger partial charge in [-0.25, -0.2) is 0 Å². The molecule has 2 N–H and O–H groups in total. The van der Waals surface area contributed by atoms with Crippen LogP contribution < -0.4 is 4.72 Å². The van der Waals surface area contributed by atoms with Crippen molar-refractivity contribution in [2.75, 3.05) is 25.4 Å². The number of hydrogen-bond donors (Lipinski definition) is 2. The van der Waals surface area contributed by atoms with Gasteiger partial charge in [-0.2, -0.15) is 8.42 Å². The molecule has 6 nitrogen and oxygen atoms in total. The van der Waals surface area contributed by atoms with Crippen molar-refractivity contribution in [1.29, 1.82) is 0 Å². The third-order valence-corrected chi connectivity index (χ3v) is 9.16. The Morgan fingerprint density at radius 3 is 2.67 bits per heavy atom. The normalized spacial score (nSPS) is 12.9. The highest BCUT2D eigenvalue weighted by Crippen LogP contribution is 2.42. The molecule has 2 heterocycles. The molecule has 4 aromatic rings. The fraction of sp³-hybridized carbons (Fsp3) is 0.238. The number of nitrogens with one attached hydrogen (secondary N) is 2. The van der Waals surface area contributed by atoms with Gasteiger partial charge in [-0.3, -0.25) is 4.72 Å². The molecule has 0 saturated heterocycles. The molecule has 0 aliphatic rings. The first-order valence-corrected chi connectivity index (χ1v) is 12.4. The fourth-order valence-corrected chi connectivity index (χ4v) is 7.21. The number of fused-ring (bicyclic) bond motifs is 2. The van der Waals surface area contributed by atoms with Crippen molar-refractivity contribution >= 4 is 59.1 Å². The Labute approximate surface area is 183 Å². The van der Waals surface area contributed by atoms with E-state index in [9.17, 15) is 13.0 Å². The van der Waals surface area contributed by atoms with Crippen LogP contribution in [0.5, 0.6) is 0 Å². The maximum Gasteiger partial charge on any atom is 0.311 e. The topological polar surface area (TPSA) is 88.3 Å². The summed E-state index contributed by atoms with van der Waals surface area (Å²) in [6, 6.07) is 10.2. The van der Waals surface area contributed by atoms with Gasteiger partial charge < -0.3 is 14.4 Å². The molecule has 1 atom stereocenters. The van der Waals surface area contributed by atoms with Crippen molar-refractivity contribution in [2.45, 2.75) is 17.6 Å². The molecule has 2 aromatic carbocycles. The molecule has 0 amide bonds. The lowest BCUT2D eigenvalue weighted by molar-refractivity contribution is 0.414. The summed E-state index contributed by atoms with van der Waals surface area (Å²) >= 11 is 6.03. The molecule has 9 heteroatoms. The largest absolute Gasteiger partial charge is 0.589 e. The average molecular weight is 464 g/mol. The van der Waals surface area contributed by atoms with E-state index in [4.69, 9.17) is 11.6 Å². The van der Waals surface area contributed by atoms with Crippen LogP contribution in [0.3, 0.4) is 0 Å². The number of benzene rings is 2. The first kappa shape index (κ1) is 21.1. The van der Waals surface area contributed by atoms with Crippen LogP contribution >= 0.6 is 22.4 Å². The van der Waals surface area contributed by atoms with Crippen molar-refractivity contribution in [2.24, 2.45) is 0 Å². The lowest BCUT2D eigenvalue weighted by Crippen LogP contribution is -2.14. The number of aromatic amines is 1. The van der Waals surface area contributed by atoms with Crippen molar-refractivity contribution in [3.8, 4) is 0 Å². The van der Waals surface area contributed by atoms with Gasteiger partial charge in [-0.15, -0.1) is 0 Å². The van der Waals surface area contributed by atoms with E-state index in [1.807, 2.05) is 26.4 Å². The quantitative estimate of drug-likeness (QED) is 0.397. The van der Waals surface area contributed by atoms with Gasteiger partial charge in [0.1, 0.15) is 0 Å². The SMILES string of the molecule is Cc1c(S(=O)(=O)Nc2ccc3c(CCN(C)C)c[nH]c3c2)[s+]([O-])c2ccc(Cl)cc12. The monoisotopic (exact) mass is 463 g/mol. The number of sulfonamides is 1. The van der Waals surface area contributed by atoms with Gasteiger partial charge in [0.2, 0.25) is 0 Å². The number of aromatic nitrogens is 1. The number of nitrogens with zero attached hydrogens (tertiary/aromatic N) is 1. The van der Waals surface area contributed by atoms with Crippen molar-refractivity contribution in [3.05, 3.63) is 58.7 Å². The number of thiophene rings is 1. The Hall–Kier alpha value is -2.10. The molecule has 0 saturated carbocycles. The lowest BCUT2D eigenvalue weighted by Gasteiger charge is -2.09. The van der Waals surface area contributed by atoms with Crippen LogP contribution in [0.4, 0.5) is 5.69 Å². The highest BCUT2D eigenvalue weighted by Gasteiger charge is 2.31. The summed E-state index contributed by atoms with van der Waals surface area (Å²) in [5.74, 6) is 0. The molecule has 0 aliphatic carbocycles. The number of likely N-dealkylation sites (N-methyl/N-ethyl adjacent to an activating group) is 1. The number of aryl methyl sites for hydroxylation is 1. The molecule has 0 fully saturated rings. The molecule has 0 radical (unpaired) electrons. The number of halogens is 1. The van der Waals surface area contributed by atoms with Gasteiger partial charge in [0.15, 0.2) is 4.70 Å². The highest BCUT2D eigenvalue weighted by atomic mass is 35.5. The number of rotatable bonds is 6. The summed E-state index contributed by atoms with van der Waals surface area (Å²) < 4.78 is 42.0. The average Bonchev–Trinajstić information content (AvgIpc) is 3.18. The van der Waals surface area contributed by atoms with Gasteiger partial charge in [-0.05, 0) is 68.0 Å². The number of hydrogen-bond acceptors (Lipinski definition) is 4. The minimum absolute atomic E-state index is 0.127. The van der Waals surface area contributed by atoms with Gasteiger partial charge in [0, 0.05) is 45.7 Å². The van der Waals surface area contributed by atoms with Crippen molar-refractivity contribution < 1.29 is 13.0 Å². The van der Waals surface area contributed by atoms with E-state index in [2.05, 4.69) is 14.6 Å². The third kappa shape index (κ3) is 3.81. The van der Waals surface area contributed by atoms with Crippen LogP contribution in [0.25, 0.3) is 21.0 Å². The molecule has 30 heavy (non-hydrogen) atoms. The van der Waals surface area contributed by atoms with Crippen LogP contribution in [-0.4, -0.2) is 43.5 Å². The van der Waals surface area contributed by atoms with Gasteiger partial charge >= 0.3 is 10.0 Å². The maximum absolute atomic E-state index is 13.1. The van der Waals surface area contributed by atoms with E-state index in [1.165, 1.54) is 5.56 Å². The molecular formula is C21H22ClN3O3S2. The van der Waals surface area contributed by atoms with Crippen molar-refractivity contribution in [1.82, 2.24) is 9.88 Å². The summed E-state index contributed by atoms with van der Waals surface area (Å²) in [4.78, 5) is 5.32. The summed E-state index contributed by atoms with van der Waals surface area (Å²) in [7, 11) is -1.75. The summed E-state index contributed by atoms with van der Waals surface area (Å²) in [6.45, 7) is 2.57. The molecule has 2 aromatic heterocycles. The number of H-pyrrole nitrogens is 1. The predicted molar refractivity (Wildman–Crippen MR) is 124 cm³/mol. The molecule has 158 valence electrons. The maximum atomic E-state index is 13.1. The zero-order valence-corrected chi connectivity index (χ0v) is 19.2. The Morgan fingerprint density at radius 2 is 1.93 bits per heavy atom. The summed E-state index contributed by atoms with van der Waals surface area (Å²) in [5.41, 5.74) is 2.88. The second-order valence-electron chi connectivity index (χ2n) is 7.55. The minimum atomic E-state index is -4.01. The smallest absolute Gasteiger partial charge is 0.311 e. The first-order chi connectivity index (χ1) is 14.2. The van der Waals surface area contributed by atoms with Crippen LogP contribution in [0.2, 0.25) is 5.02 Å². The zero-order valence-electron chi connectivity index (χ0n) is 16.8. The second kappa shape index (κ2) is 7.86. The Morgan fingerprint density at radius 1 is 1.17 bits per heavy atom. The molecule has 4 rings (SSSR count). The second-order valence-corrected chi connectivity index (χ2v) is 11.3. The van der Waals surface area contributed by atoms with E-state index in [1.54, 1.807) is 37.3 Å². The van der Waals surface area contributed by atoms with E-state index in [-0.39, 0.29) is 4.21 Å². The van der Waals surface area contributed by atoms with Crippen molar-refractivity contribution in [3.63, 3.8) is 0 Å². The zero-order chi connectivity index (χ0) is 21.6. The third-order valence-electron chi connectivity index (χ3n) is 5.11. The minimum Gasteiger partial charge on any atom is -0.589 e. The van der Waals surface area contributed by atoms with E-state index >= 15 is 0 Å². The standard InChI is InChI=1S/C21H22ClN3O3S2/c1-13-18-10-15(22)4-7-20(18)29(26)21(13)30(27,28)24-16-5-6-17-14(8-9-25(2)3)12-23-19(17)11-16/h4-7,10-12,23-24H,8-9H2,1-3H3. The first-order valence-electron chi connectivity index (χ1n) is 9.37.